The van der Waals surface area contributed by atoms with Gasteiger partial charge in [-0.3, -0.25) is 0 Å². The number of hydrogen-bond acceptors (Lipinski definition) is 3. The van der Waals surface area contributed by atoms with E-state index in [1.807, 2.05) is 0 Å². The van der Waals surface area contributed by atoms with Gasteiger partial charge in [-0.1, -0.05) is 30.3 Å². The van der Waals surface area contributed by atoms with Crippen LogP contribution in [0.5, 0.6) is 0 Å². The molecule has 2 N–H and O–H groups in total. The molecule has 1 saturated carbocycles. The van der Waals surface area contributed by atoms with Crippen LogP contribution in [0, 0.1) is 0 Å². The Hall–Kier alpha value is -0.900. The Morgan fingerprint density at radius 3 is 2.25 bits per heavy atom. The highest BCUT2D eigenvalue weighted by Gasteiger charge is 2.39. The van der Waals surface area contributed by atoms with Crippen molar-refractivity contribution < 1.29 is 0 Å². The Morgan fingerprint density at radius 2 is 1.80 bits per heavy atom. The number of hydrogen-bond donors (Lipinski definition) is 1. The summed E-state index contributed by atoms with van der Waals surface area (Å²) in [6, 6.07) is 10.7. The highest BCUT2D eigenvalue weighted by molar-refractivity contribution is 5.20. The van der Waals surface area contributed by atoms with Crippen molar-refractivity contribution in [2.75, 3.05) is 40.8 Å². The highest BCUT2D eigenvalue weighted by atomic mass is 15.2. The van der Waals surface area contributed by atoms with E-state index in [1.54, 1.807) is 0 Å². The smallest absolute Gasteiger partial charge is 0.0330 e. The van der Waals surface area contributed by atoms with Crippen LogP contribution in [-0.2, 0) is 0 Å². The maximum atomic E-state index is 5.99. The van der Waals surface area contributed by atoms with E-state index in [4.69, 9.17) is 5.73 Å². The highest BCUT2D eigenvalue weighted by Crippen LogP contribution is 2.36. The summed E-state index contributed by atoms with van der Waals surface area (Å²) in [7, 11) is 6.66. The summed E-state index contributed by atoms with van der Waals surface area (Å²) in [5.41, 5.74) is 7.74. The molecule has 0 aromatic heterocycles. The fourth-order valence-corrected chi connectivity index (χ4v) is 3.32. The van der Waals surface area contributed by atoms with Gasteiger partial charge in [0.1, 0.15) is 0 Å². The van der Waals surface area contributed by atoms with Crippen molar-refractivity contribution in [3.63, 3.8) is 0 Å². The molecule has 1 atom stereocenters. The summed E-state index contributed by atoms with van der Waals surface area (Å²) < 4.78 is 0. The molecule has 1 unspecified atom stereocenters. The lowest BCUT2D eigenvalue weighted by atomic mass is 9.75. The molecule has 2 rings (SSSR count). The van der Waals surface area contributed by atoms with Gasteiger partial charge in [0, 0.05) is 31.1 Å². The molecule has 3 nitrogen and oxygen atoms in total. The fraction of sp³-hybridized carbons (Fsp3) is 0.647. The molecule has 0 saturated heterocycles. The molecule has 1 fully saturated rings. The number of nitrogens with zero attached hydrogens (tertiary/aromatic N) is 2. The molecular weight excluding hydrogens is 246 g/mol. The summed E-state index contributed by atoms with van der Waals surface area (Å²) in [5, 5.41) is 0. The van der Waals surface area contributed by atoms with E-state index >= 15 is 0 Å². The van der Waals surface area contributed by atoms with Crippen molar-refractivity contribution in [3.05, 3.63) is 35.9 Å². The number of nitrogens with two attached hydrogens (primary N) is 1. The summed E-state index contributed by atoms with van der Waals surface area (Å²) in [6.45, 7) is 2.89. The van der Waals surface area contributed by atoms with E-state index in [-0.39, 0.29) is 0 Å². The summed E-state index contributed by atoms with van der Waals surface area (Å²) in [4.78, 5) is 4.87. The molecule has 20 heavy (non-hydrogen) atoms. The second-order valence-corrected chi connectivity index (χ2v) is 6.51. The maximum Gasteiger partial charge on any atom is 0.0330 e. The molecule has 1 aromatic carbocycles. The molecule has 0 radical (unpaired) electrons. The summed E-state index contributed by atoms with van der Waals surface area (Å²) in [5.74, 6) is 0.431. The average Bonchev–Trinajstić information content (AvgIpc) is 2.40. The number of rotatable bonds is 7. The minimum Gasteiger partial charge on any atom is -0.330 e. The van der Waals surface area contributed by atoms with Gasteiger partial charge in [0.25, 0.3) is 0 Å². The standard InChI is InChI=1S/C17H29N3/c1-19(2)17(10-7-11-17)14-20(3)13-16(12-18)15-8-5-4-6-9-15/h4-6,8-9,16H,7,10-14,18H2,1-3H3. The molecule has 0 amide bonds. The van der Waals surface area contributed by atoms with Crippen LogP contribution in [0.25, 0.3) is 0 Å². The van der Waals surface area contributed by atoms with E-state index in [9.17, 15) is 0 Å². The minimum absolute atomic E-state index is 0.393. The normalized spacial score (nSPS) is 19.1. The van der Waals surface area contributed by atoms with Crippen LogP contribution < -0.4 is 5.73 Å². The number of benzene rings is 1. The Morgan fingerprint density at radius 1 is 1.15 bits per heavy atom. The first-order valence-corrected chi connectivity index (χ1v) is 7.68. The van der Waals surface area contributed by atoms with Gasteiger partial charge in [0.05, 0.1) is 0 Å². The van der Waals surface area contributed by atoms with E-state index in [0.717, 1.165) is 13.1 Å². The van der Waals surface area contributed by atoms with Gasteiger partial charge in [-0.2, -0.15) is 0 Å². The quantitative estimate of drug-likeness (QED) is 0.827. The predicted molar refractivity (Wildman–Crippen MR) is 86.0 cm³/mol. The van der Waals surface area contributed by atoms with Gasteiger partial charge >= 0.3 is 0 Å². The SMILES string of the molecule is CN(CC(CN)c1ccccc1)CC1(N(C)C)CCC1. The van der Waals surface area contributed by atoms with E-state index in [0.29, 0.717) is 18.0 Å². The molecule has 1 aliphatic carbocycles. The molecule has 0 spiro atoms. The Bertz CT molecular complexity index is 398. The van der Waals surface area contributed by atoms with E-state index < -0.39 is 0 Å². The molecule has 112 valence electrons. The van der Waals surface area contributed by atoms with Crippen molar-refractivity contribution in [2.45, 2.75) is 30.7 Å². The lowest BCUT2D eigenvalue weighted by molar-refractivity contribution is 0.0265. The third kappa shape index (κ3) is 3.40. The van der Waals surface area contributed by atoms with Crippen LogP contribution in [0.4, 0.5) is 0 Å². The number of likely N-dealkylation sites (N-methyl/N-ethyl adjacent to an activating group) is 2. The molecule has 3 heteroatoms. The second-order valence-electron chi connectivity index (χ2n) is 6.51. The molecule has 0 aliphatic heterocycles. The lowest BCUT2D eigenvalue weighted by Crippen LogP contribution is -2.57. The van der Waals surface area contributed by atoms with E-state index in [2.05, 4.69) is 61.3 Å². The van der Waals surface area contributed by atoms with Gasteiger partial charge in [-0.05, 0) is 46.0 Å². The molecular formula is C17H29N3. The second kappa shape index (κ2) is 6.70. The Kier molecular flexibility index (Phi) is 5.19. The molecule has 0 bridgehead atoms. The monoisotopic (exact) mass is 275 g/mol. The zero-order valence-corrected chi connectivity index (χ0v) is 13.2. The third-order valence-corrected chi connectivity index (χ3v) is 4.88. The maximum absolute atomic E-state index is 5.99. The van der Waals surface area contributed by atoms with Crippen molar-refractivity contribution in [2.24, 2.45) is 5.73 Å². The van der Waals surface area contributed by atoms with Gasteiger partial charge < -0.3 is 15.5 Å². The first-order valence-electron chi connectivity index (χ1n) is 7.68. The van der Waals surface area contributed by atoms with E-state index in [1.165, 1.54) is 24.8 Å². The molecule has 1 aromatic rings. The molecule has 1 aliphatic rings. The summed E-state index contributed by atoms with van der Waals surface area (Å²) in [6.07, 6.45) is 4.01. The fourth-order valence-electron chi connectivity index (χ4n) is 3.32. The van der Waals surface area contributed by atoms with Crippen LogP contribution in [0.1, 0.15) is 30.7 Å². The van der Waals surface area contributed by atoms with Crippen LogP contribution in [0.15, 0.2) is 30.3 Å². The Labute approximate surface area is 123 Å². The summed E-state index contributed by atoms with van der Waals surface area (Å²) >= 11 is 0. The zero-order valence-electron chi connectivity index (χ0n) is 13.2. The molecule has 0 heterocycles. The Balaban J connectivity index is 1.94. The predicted octanol–water partition coefficient (Wildman–Crippen LogP) is 2.14. The minimum atomic E-state index is 0.393. The lowest BCUT2D eigenvalue weighted by Gasteiger charge is -2.49. The van der Waals surface area contributed by atoms with Gasteiger partial charge in [0.15, 0.2) is 0 Å². The van der Waals surface area contributed by atoms with Gasteiger partial charge in [-0.25, -0.2) is 0 Å². The van der Waals surface area contributed by atoms with Crippen LogP contribution in [0.2, 0.25) is 0 Å². The third-order valence-electron chi connectivity index (χ3n) is 4.88. The van der Waals surface area contributed by atoms with Crippen LogP contribution in [-0.4, -0.2) is 56.1 Å². The zero-order chi connectivity index (χ0) is 14.6. The largest absolute Gasteiger partial charge is 0.330 e. The first kappa shape index (κ1) is 15.5. The van der Waals surface area contributed by atoms with Gasteiger partial charge in [-0.15, -0.1) is 0 Å². The van der Waals surface area contributed by atoms with Crippen molar-refractivity contribution in [1.29, 1.82) is 0 Å². The van der Waals surface area contributed by atoms with Crippen LogP contribution >= 0.6 is 0 Å². The van der Waals surface area contributed by atoms with Crippen molar-refractivity contribution in [3.8, 4) is 0 Å². The van der Waals surface area contributed by atoms with Crippen LogP contribution in [0.3, 0.4) is 0 Å². The first-order chi connectivity index (χ1) is 9.57. The van der Waals surface area contributed by atoms with Gasteiger partial charge in [0.2, 0.25) is 0 Å². The average molecular weight is 275 g/mol. The topological polar surface area (TPSA) is 32.5 Å². The van der Waals surface area contributed by atoms with Crippen molar-refractivity contribution >= 4 is 0 Å². The van der Waals surface area contributed by atoms with Crippen molar-refractivity contribution in [1.82, 2.24) is 9.80 Å².